The number of carbonyl (C=O) groups is 1. The average Bonchev–Trinajstić information content (AvgIpc) is 2.62. The first-order chi connectivity index (χ1) is 12.1. The van der Waals surface area contributed by atoms with E-state index in [1.165, 1.54) is 23.9 Å². The van der Waals surface area contributed by atoms with E-state index in [0.29, 0.717) is 28.7 Å². The number of aryl methyl sites for hydroxylation is 1. The van der Waals surface area contributed by atoms with Crippen molar-refractivity contribution in [1.29, 1.82) is 0 Å². The van der Waals surface area contributed by atoms with E-state index in [-0.39, 0.29) is 5.91 Å². The molecule has 3 rings (SSSR count). The highest BCUT2D eigenvalue weighted by molar-refractivity contribution is 8.13. The second-order valence-electron chi connectivity index (χ2n) is 5.74. The average molecular weight is 358 g/mol. The first kappa shape index (κ1) is 17.5. The molecule has 1 saturated heterocycles. The summed E-state index contributed by atoms with van der Waals surface area (Å²) < 4.78 is 18.8. The number of rotatable bonds is 3. The van der Waals surface area contributed by atoms with Crippen LogP contribution in [0.5, 0.6) is 5.75 Å². The van der Waals surface area contributed by atoms with Crippen molar-refractivity contribution in [2.75, 3.05) is 19.4 Å². The maximum Gasteiger partial charge on any atom is 0.259 e. The van der Waals surface area contributed by atoms with Gasteiger partial charge in [-0.25, -0.2) is 9.38 Å². The molecule has 1 aliphatic rings. The molecule has 2 aromatic carbocycles. The minimum atomic E-state index is -0.422. The lowest BCUT2D eigenvalue weighted by molar-refractivity contribution is 0.0848. The fraction of sp³-hybridized carbons (Fsp3) is 0.263. The molecule has 0 aromatic heterocycles. The van der Waals surface area contributed by atoms with E-state index >= 15 is 0 Å². The molecule has 1 aliphatic heterocycles. The topological polar surface area (TPSA) is 41.9 Å². The van der Waals surface area contributed by atoms with Gasteiger partial charge in [-0.15, -0.1) is 0 Å². The first-order valence-electron chi connectivity index (χ1n) is 8.02. The maximum atomic E-state index is 13.5. The summed E-state index contributed by atoms with van der Waals surface area (Å²) >= 11 is 1.52. The molecule has 1 heterocycles. The van der Waals surface area contributed by atoms with Gasteiger partial charge in [0.05, 0.1) is 7.11 Å². The summed E-state index contributed by atoms with van der Waals surface area (Å²) in [4.78, 5) is 19.1. The molecule has 1 amide bonds. The molecule has 0 bridgehead atoms. The van der Waals surface area contributed by atoms with Gasteiger partial charge in [-0.1, -0.05) is 23.9 Å². The summed E-state index contributed by atoms with van der Waals surface area (Å²) in [5.74, 6) is 0.883. The molecule has 25 heavy (non-hydrogen) atoms. The second-order valence-corrected chi connectivity index (χ2v) is 6.80. The van der Waals surface area contributed by atoms with E-state index in [1.54, 1.807) is 24.1 Å². The van der Waals surface area contributed by atoms with E-state index < -0.39 is 5.82 Å². The van der Waals surface area contributed by atoms with Crippen molar-refractivity contribution in [1.82, 2.24) is 4.90 Å². The molecular formula is C19H19FN2O2S. The number of amidine groups is 1. The van der Waals surface area contributed by atoms with E-state index in [0.717, 1.165) is 17.7 Å². The molecule has 0 atom stereocenters. The van der Waals surface area contributed by atoms with Crippen LogP contribution < -0.4 is 4.74 Å². The number of methoxy groups -OCH3 is 1. The monoisotopic (exact) mass is 358 g/mol. The van der Waals surface area contributed by atoms with Crippen molar-refractivity contribution < 1.29 is 13.9 Å². The Morgan fingerprint density at radius 2 is 2.12 bits per heavy atom. The van der Waals surface area contributed by atoms with Crippen molar-refractivity contribution in [2.45, 2.75) is 13.3 Å². The summed E-state index contributed by atoms with van der Waals surface area (Å²) in [7, 11) is 1.60. The van der Waals surface area contributed by atoms with Gasteiger partial charge in [-0.05, 0) is 49.2 Å². The fourth-order valence-electron chi connectivity index (χ4n) is 2.61. The van der Waals surface area contributed by atoms with Crippen LogP contribution in [-0.4, -0.2) is 35.4 Å². The summed E-state index contributed by atoms with van der Waals surface area (Å²) in [5, 5.41) is 0.615. The van der Waals surface area contributed by atoms with Crippen molar-refractivity contribution in [3.63, 3.8) is 0 Å². The number of hydrogen-bond acceptors (Lipinski definition) is 4. The quantitative estimate of drug-likeness (QED) is 0.816. The molecule has 0 spiro atoms. The third-order valence-corrected chi connectivity index (χ3v) is 4.92. The minimum Gasteiger partial charge on any atom is -0.494 e. The van der Waals surface area contributed by atoms with Gasteiger partial charge in [0.25, 0.3) is 5.91 Å². The second kappa shape index (κ2) is 7.70. The van der Waals surface area contributed by atoms with Crippen LogP contribution in [-0.2, 0) is 0 Å². The lowest BCUT2D eigenvalue weighted by Gasteiger charge is -2.28. The normalized spacial score (nSPS) is 16.1. The molecule has 0 unspecified atom stereocenters. The zero-order valence-corrected chi connectivity index (χ0v) is 15.0. The van der Waals surface area contributed by atoms with Crippen LogP contribution in [0.3, 0.4) is 0 Å². The van der Waals surface area contributed by atoms with Gasteiger partial charge in [0.15, 0.2) is 5.17 Å². The zero-order chi connectivity index (χ0) is 17.8. The molecule has 2 aromatic rings. The third-order valence-electron chi connectivity index (χ3n) is 3.86. The number of aliphatic imine (C=N–C) groups is 1. The molecular weight excluding hydrogens is 339 g/mol. The Kier molecular flexibility index (Phi) is 5.38. The van der Waals surface area contributed by atoms with Crippen LogP contribution in [0.15, 0.2) is 47.5 Å². The van der Waals surface area contributed by atoms with Gasteiger partial charge >= 0.3 is 0 Å². The molecule has 0 saturated carbocycles. The number of nitrogens with zero attached hydrogens (tertiary/aromatic N) is 2. The number of halogens is 1. The summed E-state index contributed by atoms with van der Waals surface area (Å²) in [6.45, 7) is 2.54. The number of ether oxygens (including phenoxy) is 1. The summed E-state index contributed by atoms with van der Waals surface area (Å²) in [5.41, 5.74) is 2.07. The predicted octanol–water partition coefficient (Wildman–Crippen LogP) is 4.41. The van der Waals surface area contributed by atoms with E-state index in [1.807, 2.05) is 25.1 Å². The highest BCUT2D eigenvalue weighted by atomic mass is 32.2. The minimum absolute atomic E-state index is 0.239. The highest BCUT2D eigenvalue weighted by Crippen LogP contribution is 2.31. The number of benzene rings is 2. The highest BCUT2D eigenvalue weighted by Gasteiger charge is 2.25. The fourth-order valence-corrected chi connectivity index (χ4v) is 3.56. The Hall–Kier alpha value is -2.34. The molecule has 1 fully saturated rings. The summed E-state index contributed by atoms with van der Waals surface area (Å²) in [6, 6.07) is 11.5. The lowest BCUT2D eigenvalue weighted by atomic mass is 10.2. The van der Waals surface area contributed by atoms with Crippen LogP contribution in [0.25, 0.3) is 0 Å². The number of amides is 1. The molecule has 130 valence electrons. The van der Waals surface area contributed by atoms with Crippen LogP contribution in [0.2, 0.25) is 0 Å². The smallest absolute Gasteiger partial charge is 0.259 e. The van der Waals surface area contributed by atoms with Crippen molar-refractivity contribution in [3.8, 4) is 5.75 Å². The van der Waals surface area contributed by atoms with Gasteiger partial charge in [0.1, 0.15) is 17.3 Å². The molecule has 4 nitrogen and oxygen atoms in total. The largest absolute Gasteiger partial charge is 0.494 e. The molecule has 0 aliphatic carbocycles. The van der Waals surface area contributed by atoms with E-state index in [4.69, 9.17) is 4.74 Å². The zero-order valence-electron chi connectivity index (χ0n) is 14.2. The SMILES string of the molecule is COc1ccc(C)cc1N=C1SCCCN1C(=O)c1cccc(F)c1. The first-order valence-corrected chi connectivity index (χ1v) is 9.00. The van der Waals surface area contributed by atoms with E-state index in [2.05, 4.69) is 4.99 Å². The number of thioether (sulfide) groups is 1. The van der Waals surface area contributed by atoms with Crippen LogP contribution in [0, 0.1) is 12.7 Å². The van der Waals surface area contributed by atoms with Crippen molar-refractivity contribution >= 4 is 28.5 Å². The van der Waals surface area contributed by atoms with Crippen molar-refractivity contribution in [3.05, 3.63) is 59.4 Å². The molecule has 0 N–H and O–H groups in total. The van der Waals surface area contributed by atoms with Gasteiger partial charge in [0, 0.05) is 17.9 Å². The standard InChI is InChI=1S/C19H19FN2O2S/c1-13-7-8-17(24-2)16(11-13)21-19-22(9-4-10-25-19)18(23)14-5-3-6-15(20)12-14/h3,5-8,11-12H,4,9-10H2,1-2H3. The van der Waals surface area contributed by atoms with E-state index in [9.17, 15) is 9.18 Å². The Labute approximate surface area is 150 Å². The third kappa shape index (κ3) is 4.02. The van der Waals surface area contributed by atoms with Crippen LogP contribution in [0.4, 0.5) is 10.1 Å². The van der Waals surface area contributed by atoms with Gasteiger partial charge in [0.2, 0.25) is 0 Å². The van der Waals surface area contributed by atoms with Gasteiger partial charge in [-0.2, -0.15) is 0 Å². The van der Waals surface area contributed by atoms with Crippen LogP contribution >= 0.6 is 11.8 Å². The lowest BCUT2D eigenvalue weighted by Crippen LogP contribution is -2.39. The Morgan fingerprint density at radius 3 is 2.88 bits per heavy atom. The molecule has 0 radical (unpaired) electrons. The Bertz CT molecular complexity index is 823. The van der Waals surface area contributed by atoms with Crippen molar-refractivity contribution in [2.24, 2.45) is 4.99 Å². The Morgan fingerprint density at radius 1 is 1.28 bits per heavy atom. The summed E-state index contributed by atoms with van der Waals surface area (Å²) in [6.07, 6.45) is 0.871. The predicted molar refractivity (Wildman–Crippen MR) is 99.3 cm³/mol. The number of carbonyl (C=O) groups excluding carboxylic acids is 1. The maximum absolute atomic E-state index is 13.5. The van der Waals surface area contributed by atoms with Gasteiger partial charge < -0.3 is 4.74 Å². The van der Waals surface area contributed by atoms with Crippen LogP contribution in [0.1, 0.15) is 22.3 Å². The Balaban J connectivity index is 1.96. The van der Waals surface area contributed by atoms with Gasteiger partial charge in [-0.3, -0.25) is 9.69 Å². The molecule has 6 heteroatoms. The number of hydrogen-bond donors (Lipinski definition) is 0.